The largest absolute Gasteiger partial charge is 0.297 e. The maximum Gasteiger partial charge on any atom is 0.0638 e. The van der Waals surface area contributed by atoms with E-state index in [4.69, 9.17) is 5.26 Å². The molecule has 2 nitrogen and oxygen atoms in total. The van der Waals surface area contributed by atoms with Crippen LogP contribution in [0.15, 0.2) is 0 Å². The minimum atomic E-state index is 0.444. The van der Waals surface area contributed by atoms with Crippen molar-refractivity contribution < 1.29 is 0 Å². The molecule has 0 aromatic carbocycles. The van der Waals surface area contributed by atoms with Crippen molar-refractivity contribution in [3.8, 4) is 6.07 Å². The first-order valence-corrected chi connectivity index (χ1v) is 4.80. The Labute approximate surface area is 76.2 Å². The van der Waals surface area contributed by atoms with Crippen LogP contribution in [0.3, 0.4) is 0 Å². The molecule has 0 saturated heterocycles. The first kappa shape index (κ1) is 11.4. The van der Waals surface area contributed by atoms with Crippen molar-refractivity contribution in [1.29, 1.82) is 5.26 Å². The van der Waals surface area contributed by atoms with Gasteiger partial charge in [0.05, 0.1) is 12.5 Å². The summed E-state index contributed by atoms with van der Waals surface area (Å²) >= 11 is 0. The molecule has 0 heterocycles. The zero-order valence-corrected chi connectivity index (χ0v) is 8.67. The Kier molecular flexibility index (Phi) is 5.74. The lowest BCUT2D eigenvalue weighted by Gasteiger charge is -2.31. The summed E-state index contributed by atoms with van der Waals surface area (Å²) < 4.78 is 0. The zero-order chi connectivity index (χ0) is 9.56. The molecular weight excluding hydrogens is 148 g/mol. The summed E-state index contributed by atoms with van der Waals surface area (Å²) in [6, 6.07) is 3.24. The third kappa shape index (κ3) is 3.23. The SMILES string of the molecule is CCC(CC#N)N(CC)C(C)C. The van der Waals surface area contributed by atoms with Crippen LogP contribution in [0.4, 0.5) is 0 Å². The Morgan fingerprint density at radius 1 is 1.33 bits per heavy atom. The molecule has 0 aliphatic rings. The minimum Gasteiger partial charge on any atom is -0.297 e. The molecule has 1 atom stereocenters. The zero-order valence-electron chi connectivity index (χ0n) is 8.67. The van der Waals surface area contributed by atoms with E-state index in [-0.39, 0.29) is 0 Å². The van der Waals surface area contributed by atoms with Gasteiger partial charge in [-0.25, -0.2) is 0 Å². The van der Waals surface area contributed by atoms with E-state index in [1.807, 2.05) is 0 Å². The lowest BCUT2D eigenvalue weighted by atomic mass is 10.1. The quantitative estimate of drug-likeness (QED) is 0.630. The van der Waals surface area contributed by atoms with Gasteiger partial charge in [0.25, 0.3) is 0 Å². The number of nitrogens with zero attached hydrogens (tertiary/aromatic N) is 2. The lowest BCUT2D eigenvalue weighted by molar-refractivity contribution is 0.159. The molecule has 0 N–H and O–H groups in total. The van der Waals surface area contributed by atoms with Crippen molar-refractivity contribution in [2.24, 2.45) is 0 Å². The fraction of sp³-hybridized carbons (Fsp3) is 0.900. The molecule has 12 heavy (non-hydrogen) atoms. The van der Waals surface area contributed by atoms with Crippen molar-refractivity contribution >= 4 is 0 Å². The van der Waals surface area contributed by atoms with Gasteiger partial charge in [-0.05, 0) is 26.8 Å². The van der Waals surface area contributed by atoms with Gasteiger partial charge in [0, 0.05) is 12.1 Å². The highest BCUT2D eigenvalue weighted by Crippen LogP contribution is 2.11. The van der Waals surface area contributed by atoms with Crippen LogP contribution in [0, 0.1) is 11.3 Å². The van der Waals surface area contributed by atoms with E-state index in [0.717, 1.165) is 13.0 Å². The van der Waals surface area contributed by atoms with Crippen molar-refractivity contribution in [1.82, 2.24) is 4.90 Å². The van der Waals surface area contributed by atoms with E-state index in [0.29, 0.717) is 18.5 Å². The topological polar surface area (TPSA) is 27.0 Å². The third-order valence-corrected chi connectivity index (χ3v) is 2.30. The molecule has 1 unspecified atom stereocenters. The highest BCUT2D eigenvalue weighted by Gasteiger charge is 2.16. The van der Waals surface area contributed by atoms with Crippen LogP contribution in [0.1, 0.15) is 40.5 Å². The molecule has 2 heteroatoms. The summed E-state index contributed by atoms with van der Waals surface area (Å²) in [6.45, 7) is 9.71. The fourth-order valence-electron chi connectivity index (χ4n) is 1.65. The Morgan fingerprint density at radius 3 is 2.17 bits per heavy atom. The standard InChI is InChI=1S/C10H20N2/c1-5-10(7-8-11)12(6-2)9(3)4/h9-10H,5-7H2,1-4H3. The van der Waals surface area contributed by atoms with E-state index in [1.165, 1.54) is 0 Å². The summed E-state index contributed by atoms with van der Waals surface area (Å²) in [4.78, 5) is 2.38. The van der Waals surface area contributed by atoms with Crippen LogP contribution in [-0.4, -0.2) is 23.5 Å². The summed E-state index contributed by atoms with van der Waals surface area (Å²) in [5.41, 5.74) is 0. The van der Waals surface area contributed by atoms with E-state index in [1.54, 1.807) is 0 Å². The highest BCUT2D eigenvalue weighted by atomic mass is 15.2. The Bertz CT molecular complexity index is 146. The second kappa shape index (κ2) is 6.02. The number of hydrogen-bond donors (Lipinski definition) is 0. The molecule has 0 aromatic rings. The van der Waals surface area contributed by atoms with Gasteiger partial charge >= 0.3 is 0 Å². The molecule has 0 aliphatic heterocycles. The van der Waals surface area contributed by atoms with Crippen LogP contribution >= 0.6 is 0 Å². The van der Waals surface area contributed by atoms with Crippen LogP contribution in [0.2, 0.25) is 0 Å². The summed E-state index contributed by atoms with van der Waals surface area (Å²) in [5, 5.41) is 8.62. The van der Waals surface area contributed by atoms with Crippen molar-refractivity contribution in [3.05, 3.63) is 0 Å². The van der Waals surface area contributed by atoms with Gasteiger partial charge < -0.3 is 0 Å². The van der Waals surface area contributed by atoms with Crippen molar-refractivity contribution in [2.45, 2.75) is 52.6 Å². The predicted octanol–water partition coefficient (Wildman–Crippen LogP) is 2.41. The maximum atomic E-state index is 8.62. The first-order valence-electron chi connectivity index (χ1n) is 4.80. The van der Waals surface area contributed by atoms with Gasteiger partial charge in [-0.3, -0.25) is 4.90 Å². The van der Waals surface area contributed by atoms with Crippen LogP contribution in [0.25, 0.3) is 0 Å². The Morgan fingerprint density at radius 2 is 1.92 bits per heavy atom. The van der Waals surface area contributed by atoms with Gasteiger partial charge in [-0.2, -0.15) is 5.26 Å². The number of hydrogen-bond acceptors (Lipinski definition) is 2. The van der Waals surface area contributed by atoms with Gasteiger partial charge in [-0.15, -0.1) is 0 Å². The summed E-state index contributed by atoms with van der Waals surface area (Å²) in [5.74, 6) is 0. The van der Waals surface area contributed by atoms with Crippen molar-refractivity contribution in [2.75, 3.05) is 6.54 Å². The summed E-state index contributed by atoms with van der Waals surface area (Å²) in [6.07, 6.45) is 1.72. The molecule has 0 radical (unpaired) electrons. The molecular formula is C10H20N2. The first-order chi connectivity index (χ1) is 5.67. The molecule has 0 fully saturated rings. The summed E-state index contributed by atoms with van der Waals surface area (Å²) in [7, 11) is 0. The van der Waals surface area contributed by atoms with Gasteiger partial charge in [0.1, 0.15) is 0 Å². The number of rotatable bonds is 5. The monoisotopic (exact) mass is 168 g/mol. The molecule has 0 rings (SSSR count). The van der Waals surface area contributed by atoms with E-state index < -0.39 is 0 Å². The second-order valence-corrected chi connectivity index (χ2v) is 3.35. The van der Waals surface area contributed by atoms with Crippen LogP contribution < -0.4 is 0 Å². The van der Waals surface area contributed by atoms with Crippen LogP contribution in [0.5, 0.6) is 0 Å². The van der Waals surface area contributed by atoms with Crippen molar-refractivity contribution in [3.63, 3.8) is 0 Å². The Hall–Kier alpha value is -0.550. The fourth-order valence-corrected chi connectivity index (χ4v) is 1.65. The Balaban J connectivity index is 4.14. The van der Waals surface area contributed by atoms with Gasteiger partial charge in [0.15, 0.2) is 0 Å². The van der Waals surface area contributed by atoms with E-state index >= 15 is 0 Å². The molecule has 0 saturated carbocycles. The average molecular weight is 168 g/mol. The molecule has 0 amide bonds. The normalized spacial score (nSPS) is 13.4. The molecule has 70 valence electrons. The average Bonchev–Trinajstić information content (AvgIpc) is 2.03. The minimum absolute atomic E-state index is 0.444. The van der Waals surface area contributed by atoms with E-state index in [2.05, 4.69) is 38.7 Å². The molecule has 0 bridgehead atoms. The third-order valence-electron chi connectivity index (χ3n) is 2.30. The van der Waals surface area contributed by atoms with Crippen LogP contribution in [-0.2, 0) is 0 Å². The number of nitriles is 1. The second-order valence-electron chi connectivity index (χ2n) is 3.35. The molecule has 0 aromatic heterocycles. The molecule has 0 aliphatic carbocycles. The lowest BCUT2D eigenvalue weighted by Crippen LogP contribution is -2.39. The maximum absolute atomic E-state index is 8.62. The van der Waals surface area contributed by atoms with E-state index in [9.17, 15) is 0 Å². The van der Waals surface area contributed by atoms with Gasteiger partial charge in [-0.1, -0.05) is 13.8 Å². The van der Waals surface area contributed by atoms with Gasteiger partial charge in [0.2, 0.25) is 0 Å². The highest BCUT2D eigenvalue weighted by molar-refractivity contribution is 4.82. The smallest absolute Gasteiger partial charge is 0.0638 e. The predicted molar refractivity (Wildman–Crippen MR) is 51.8 cm³/mol. The molecule has 0 spiro atoms.